The summed E-state index contributed by atoms with van der Waals surface area (Å²) in [4.78, 5) is 24.4. The Hall–Kier alpha value is -2.50. The third-order valence-electron chi connectivity index (χ3n) is 4.20. The van der Waals surface area contributed by atoms with Crippen molar-refractivity contribution in [2.75, 3.05) is 11.9 Å². The van der Waals surface area contributed by atoms with E-state index in [1.165, 1.54) is 12.1 Å². The van der Waals surface area contributed by atoms with Gasteiger partial charge in [0.1, 0.15) is 0 Å². The first-order valence-electron chi connectivity index (χ1n) is 8.95. The maximum absolute atomic E-state index is 12.2. The highest BCUT2D eigenvalue weighted by Gasteiger charge is 2.12. The van der Waals surface area contributed by atoms with Crippen LogP contribution >= 0.6 is 23.2 Å². The molecule has 7 heteroatoms. The van der Waals surface area contributed by atoms with E-state index in [0.29, 0.717) is 16.6 Å². The number of hydrogen-bond acceptors (Lipinski definition) is 2. The molecule has 0 bridgehead atoms. The summed E-state index contributed by atoms with van der Waals surface area (Å²) in [5.74, 6) is -0.204. The van der Waals surface area contributed by atoms with Crippen molar-refractivity contribution in [3.8, 4) is 0 Å². The summed E-state index contributed by atoms with van der Waals surface area (Å²) in [7, 11) is 0. The van der Waals surface area contributed by atoms with Crippen molar-refractivity contribution in [1.29, 1.82) is 0 Å². The molecule has 146 valence electrons. The Balaban J connectivity index is 1.60. The van der Waals surface area contributed by atoms with Crippen LogP contribution in [0.5, 0.6) is 0 Å². The van der Waals surface area contributed by atoms with Gasteiger partial charge in [-0.1, -0.05) is 37.0 Å². The molecule has 0 radical (unpaired) electrons. The number of rotatable bonds is 6. The number of benzene rings is 2. The zero-order chi connectivity index (χ0) is 20.3. The van der Waals surface area contributed by atoms with E-state index < -0.39 is 5.91 Å². The number of amides is 2. The molecule has 0 saturated carbocycles. The second-order valence-corrected chi connectivity index (χ2v) is 7.83. The Morgan fingerprint density at radius 3 is 2.57 bits per heavy atom. The van der Waals surface area contributed by atoms with Crippen LogP contribution in [0.1, 0.15) is 24.2 Å². The van der Waals surface area contributed by atoms with Crippen LogP contribution in [0.25, 0.3) is 10.9 Å². The van der Waals surface area contributed by atoms with Crippen LogP contribution < -0.4 is 10.6 Å². The smallest absolute Gasteiger partial charge is 0.253 e. The monoisotopic (exact) mass is 417 g/mol. The number of halogens is 2. The molecule has 5 nitrogen and oxygen atoms in total. The van der Waals surface area contributed by atoms with E-state index in [1.54, 1.807) is 6.07 Å². The summed E-state index contributed by atoms with van der Waals surface area (Å²) >= 11 is 11.8. The van der Waals surface area contributed by atoms with Gasteiger partial charge >= 0.3 is 0 Å². The van der Waals surface area contributed by atoms with Gasteiger partial charge in [-0.15, -0.1) is 0 Å². The fourth-order valence-corrected chi connectivity index (χ4v) is 3.46. The third-order valence-corrected chi connectivity index (χ3v) is 4.75. The number of carbonyl (C=O) groups excluding carboxylic acids is 2. The van der Waals surface area contributed by atoms with Crippen molar-refractivity contribution >= 4 is 51.6 Å². The van der Waals surface area contributed by atoms with Gasteiger partial charge in [0, 0.05) is 34.4 Å². The number of hydrogen-bond donors (Lipinski definition) is 2. The van der Waals surface area contributed by atoms with E-state index >= 15 is 0 Å². The number of anilines is 1. The molecule has 1 aromatic heterocycles. The van der Waals surface area contributed by atoms with Crippen molar-refractivity contribution in [3.63, 3.8) is 0 Å². The van der Waals surface area contributed by atoms with E-state index in [9.17, 15) is 9.59 Å². The lowest BCUT2D eigenvalue weighted by atomic mass is 10.2. The summed E-state index contributed by atoms with van der Waals surface area (Å²) in [6.07, 6.45) is 2.05. The lowest BCUT2D eigenvalue weighted by Crippen LogP contribution is -2.33. The van der Waals surface area contributed by atoms with E-state index in [0.717, 1.165) is 17.4 Å². The quantitative estimate of drug-likeness (QED) is 0.594. The molecule has 0 aliphatic carbocycles. The van der Waals surface area contributed by atoms with Gasteiger partial charge in [-0.3, -0.25) is 9.59 Å². The van der Waals surface area contributed by atoms with Crippen LogP contribution in [0.2, 0.25) is 10.0 Å². The highest BCUT2D eigenvalue weighted by molar-refractivity contribution is 6.36. The molecule has 2 N–H and O–H groups in total. The topological polar surface area (TPSA) is 63.1 Å². The molecule has 3 rings (SSSR count). The van der Waals surface area contributed by atoms with E-state index in [1.807, 2.05) is 30.5 Å². The first-order chi connectivity index (χ1) is 13.3. The number of nitrogens with zero attached hydrogens (tertiary/aromatic N) is 1. The van der Waals surface area contributed by atoms with Gasteiger partial charge in [-0.25, -0.2) is 0 Å². The molecule has 0 aliphatic heterocycles. The molecule has 0 spiro atoms. The van der Waals surface area contributed by atoms with Crippen molar-refractivity contribution in [3.05, 3.63) is 64.3 Å². The molecule has 0 aliphatic rings. The molecule has 3 aromatic rings. The lowest BCUT2D eigenvalue weighted by Gasteiger charge is -2.10. The predicted octanol–water partition coefficient (Wildman–Crippen LogP) is 4.97. The predicted molar refractivity (Wildman–Crippen MR) is 114 cm³/mol. The maximum Gasteiger partial charge on any atom is 0.253 e. The average Bonchev–Trinajstić information content (AvgIpc) is 3.01. The normalized spacial score (nSPS) is 11.0. The lowest BCUT2D eigenvalue weighted by molar-refractivity contribution is -0.115. The first-order valence-corrected chi connectivity index (χ1v) is 9.71. The van der Waals surface area contributed by atoms with Gasteiger partial charge in [-0.2, -0.15) is 0 Å². The zero-order valence-electron chi connectivity index (χ0n) is 15.6. The molecule has 0 unspecified atom stereocenters. The number of carbonyl (C=O) groups is 2. The Labute approximate surface area is 173 Å². The van der Waals surface area contributed by atoms with Crippen LogP contribution in [0.4, 0.5) is 5.69 Å². The van der Waals surface area contributed by atoms with Crippen LogP contribution in [0, 0.1) is 5.92 Å². The van der Waals surface area contributed by atoms with Crippen molar-refractivity contribution < 1.29 is 9.59 Å². The molecule has 0 saturated heterocycles. The third kappa shape index (κ3) is 4.86. The minimum Gasteiger partial charge on any atom is -0.347 e. The Kier molecular flexibility index (Phi) is 6.27. The van der Waals surface area contributed by atoms with Crippen LogP contribution in [-0.4, -0.2) is 22.9 Å². The molecule has 0 fully saturated rings. The van der Waals surface area contributed by atoms with E-state index in [-0.39, 0.29) is 23.0 Å². The number of nitrogens with one attached hydrogen (secondary N) is 2. The molecule has 2 amide bonds. The van der Waals surface area contributed by atoms with Gasteiger partial charge in [0.2, 0.25) is 5.91 Å². The summed E-state index contributed by atoms with van der Waals surface area (Å²) in [6, 6.07) is 12.4. The summed E-state index contributed by atoms with van der Waals surface area (Å²) in [6.45, 7) is 5.12. The maximum atomic E-state index is 12.2. The fraction of sp³-hybridized carbons (Fsp3) is 0.238. The van der Waals surface area contributed by atoms with Gasteiger partial charge in [0.15, 0.2) is 0 Å². The van der Waals surface area contributed by atoms with Crippen LogP contribution in [0.3, 0.4) is 0 Å². The fourth-order valence-electron chi connectivity index (χ4n) is 2.97. The molecular weight excluding hydrogens is 397 g/mol. The number of fused-ring (bicyclic) bond motifs is 1. The van der Waals surface area contributed by atoms with Gasteiger partial charge in [0.25, 0.3) is 5.91 Å². The van der Waals surface area contributed by atoms with Gasteiger partial charge in [0.05, 0.1) is 17.1 Å². The largest absolute Gasteiger partial charge is 0.347 e. The van der Waals surface area contributed by atoms with Crippen molar-refractivity contribution in [1.82, 2.24) is 9.88 Å². The van der Waals surface area contributed by atoms with Gasteiger partial charge in [-0.05, 0) is 48.4 Å². The Morgan fingerprint density at radius 1 is 1.07 bits per heavy atom. The Morgan fingerprint density at radius 2 is 1.86 bits per heavy atom. The Bertz CT molecular complexity index is 1030. The molecular formula is C21H21Cl2N3O2. The minimum atomic E-state index is -0.432. The highest BCUT2D eigenvalue weighted by atomic mass is 35.5. The van der Waals surface area contributed by atoms with Crippen molar-refractivity contribution in [2.45, 2.75) is 20.4 Å². The average molecular weight is 418 g/mol. The molecule has 28 heavy (non-hydrogen) atoms. The van der Waals surface area contributed by atoms with E-state index in [4.69, 9.17) is 23.2 Å². The molecule has 0 atom stereocenters. The van der Waals surface area contributed by atoms with Crippen molar-refractivity contribution in [2.24, 2.45) is 5.92 Å². The molecule has 2 aromatic carbocycles. The molecule has 1 heterocycles. The standard InChI is InChI=1S/C21H21Cl2N3O2/c1-13(2)12-26-8-7-14-9-16(4-6-19(14)26)25-20(27)11-24-21(28)17-5-3-15(22)10-18(17)23/h3-10,13H,11-12H2,1-2H3,(H,24,28)(H,25,27). The second kappa shape index (κ2) is 8.67. The minimum absolute atomic E-state index is 0.163. The summed E-state index contributed by atoms with van der Waals surface area (Å²) in [5.41, 5.74) is 2.07. The SMILES string of the molecule is CC(C)Cn1ccc2cc(NC(=O)CNC(=O)c3ccc(Cl)cc3Cl)ccc21. The summed E-state index contributed by atoms with van der Waals surface area (Å²) in [5, 5.41) is 7.09. The summed E-state index contributed by atoms with van der Waals surface area (Å²) < 4.78 is 2.20. The van der Waals surface area contributed by atoms with Crippen LogP contribution in [-0.2, 0) is 11.3 Å². The number of aromatic nitrogens is 1. The highest BCUT2D eigenvalue weighted by Crippen LogP contribution is 2.22. The van der Waals surface area contributed by atoms with Crippen LogP contribution in [0.15, 0.2) is 48.7 Å². The zero-order valence-corrected chi connectivity index (χ0v) is 17.1. The van der Waals surface area contributed by atoms with Gasteiger partial charge < -0.3 is 15.2 Å². The van der Waals surface area contributed by atoms with E-state index in [2.05, 4.69) is 29.0 Å². The first kappa shape index (κ1) is 20.2. The second-order valence-electron chi connectivity index (χ2n) is 6.99.